The molecule has 29 heavy (non-hydrogen) atoms. The van der Waals surface area contributed by atoms with Crippen LogP contribution in [-0.4, -0.2) is 63.6 Å². The molecule has 2 N–H and O–H groups in total. The lowest BCUT2D eigenvalue weighted by atomic mass is 10.2. The van der Waals surface area contributed by atoms with Crippen LogP contribution in [0, 0.1) is 0 Å². The van der Waals surface area contributed by atoms with Crippen LogP contribution < -0.4 is 15.5 Å². The van der Waals surface area contributed by atoms with Gasteiger partial charge in [0.25, 0.3) is 0 Å². The topological polar surface area (TPSA) is 73.1 Å². The Hall–Kier alpha value is -2.96. The highest BCUT2D eigenvalue weighted by Crippen LogP contribution is 2.12. The maximum absolute atomic E-state index is 11.9. The molecule has 0 aliphatic carbocycles. The number of likely N-dealkylation sites (N-methyl/N-ethyl adjacent to an activating group) is 1. The normalized spacial score (nSPS) is 11.2. The number of hydrogen-bond acceptors (Lipinski definition) is 4. The van der Waals surface area contributed by atoms with Crippen LogP contribution in [-0.2, 0) is 11.2 Å². The summed E-state index contributed by atoms with van der Waals surface area (Å²) in [7, 11) is 3.47. The Balaban J connectivity index is 1.81. The number of nitrogens with one attached hydrogen (secondary N) is 2. The summed E-state index contributed by atoms with van der Waals surface area (Å²) in [5.41, 5.74) is 1.23. The molecule has 2 aromatic rings. The Bertz CT molecular complexity index is 729. The Kier molecular flexibility index (Phi) is 9.62. The fourth-order valence-corrected chi connectivity index (χ4v) is 2.81. The van der Waals surface area contributed by atoms with E-state index in [9.17, 15) is 4.79 Å². The second-order valence-corrected chi connectivity index (χ2v) is 6.90. The molecule has 7 heteroatoms. The fraction of sp³-hybridized carbons (Fsp3) is 0.455. The quantitative estimate of drug-likeness (QED) is 0.345. The first kappa shape index (κ1) is 22.3. The number of amides is 1. The zero-order valence-corrected chi connectivity index (χ0v) is 17.7. The van der Waals surface area contributed by atoms with Crippen LogP contribution in [0.15, 0.2) is 58.1 Å². The molecule has 1 amide bonds. The van der Waals surface area contributed by atoms with E-state index in [2.05, 4.69) is 51.7 Å². The summed E-state index contributed by atoms with van der Waals surface area (Å²) >= 11 is 0. The number of carbonyl (C=O) groups is 1. The van der Waals surface area contributed by atoms with Gasteiger partial charge >= 0.3 is 0 Å². The molecule has 0 aliphatic rings. The van der Waals surface area contributed by atoms with Crippen molar-refractivity contribution in [2.24, 2.45) is 4.99 Å². The van der Waals surface area contributed by atoms with E-state index in [1.165, 1.54) is 5.69 Å². The molecule has 0 spiro atoms. The van der Waals surface area contributed by atoms with Gasteiger partial charge in [-0.15, -0.1) is 0 Å². The molecule has 0 saturated carbocycles. The highest BCUT2D eigenvalue weighted by molar-refractivity contribution is 5.84. The van der Waals surface area contributed by atoms with Crippen molar-refractivity contribution in [3.63, 3.8) is 0 Å². The van der Waals surface area contributed by atoms with E-state index in [-0.39, 0.29) is 12.5 Å². The summed E-state index contributed by atoms with van der Waals surface area (Å²) in [5, 5.41) is 6.62. The predicted octanol–water partition coefficient (Wildman–Crippen LogP) is 2.36. The van der Waals surface area contributed by atoms with E-state index in [1.54, 1.807) is 25.3 Å². The van der Waals surface area contributed by atoms with Crippen LogP contribution in [0.2, 0.25) is 0 Å². The average molecular weight is 400 g/mol. The largest absolute Gasteiger partial charge is 0.469 e. The monoisotopic (exact) mass is 399 g/mol. The summed E-state index contributed by atoms with van der Waals surface area (Å²) in [6.45, 7) is 5.64. The van der Waals surface area contributed by atoms with Crippen molar-refractivity contribution in [1.29, 1.82) is 0 Å². The van der Waals surface area contributed by atoms with Crippen molar-refractivity contribution in [3.05, 3.63) is 54.5 Å². The number of furan rings is 1. The number of anilines is 1. The van der Waals surface area contributed by atoms with Crippen molar-refractivity contribution in [1.82, 2.24) is 15.5 Å². The maximum Gasteiger partial charge on any atom is 0.243 e. The second-order valence-electron chi connectivity index (χ2n) is 6.90. The van der Waals surface area contributed by atoms with Gasteiger partial charge in [-0.05, 0) is 37.6 Å². The molecule has 0 aliphatic heterocycles. The number of rotatable bonds is 11. The zero-order valence-electron chi connectivity index (χ0n) is 17.7. The minimum Gasteiger partial charge on any atom is -0.469 e. The Morgan fingerprint density at radius 2 is 1.83 bits per heavy atom. The molecule has 1 aromatic heterocycles. The molecule has 0 unspecified atom stereocenters. The van der Waals surface area contributed by atoms with Gasteiger partial charge in [-0.1, -0.05) is 18.2 Å². The third kappa shape index (κ3) is 8.29. The number of nitrogens with zero attached hydrogens (tertiary/aromatic N) is 3. The van der Waals surface area contributed by atoms with Gasteiger partial charge in [-0.3, -0.25) is 4.79 Å². The average Bonchev–Trinajstić information content (AvgIpc) is 3.25. The van der Waals surface area contributed by atoms with Crippen molar-refractivity contribution in [2.75, 3.05) is 51.7 Å². The van der Waals surface area contributed by atoms with E-state index in [4.69, 9.17) is 4.42 Å². The predicted molar refractivity (Wildman–Crippen MR) is 118 cm³/mol. The van der Waals surface area contributed by atoms with Crippen LogP contribution in [0.4, 0.5) is 5.69 Å². The van der Waals surface area contributed by atoms with Gasteiger partial charge in [0.1, 0.15) is 12.3 Å². The number of guanidine groups is 1. The Labute approximate surface area is 173 Å². The highest BCUT2D eigenvalue weighted by Gasteiger charge is 2.06. The van der Waals surface area contributed by atoms with Gasteiger partial charge in [-0.25, -0.2) is 4.99 Å². The zero-order chi connectivity index (χ0) is 20.9. The van der Waals surface area contributed by atoms with Crippen LogP contribution >= 0.6 is 0 Å². The van der Waals surface area contributed by atoms with Gasteiger partial charge in [-0.2, -0.15) is 0 Å². The molecule has 0 bridgehead atoms. The molecular weight excluding hydrogens is 366 g/mol. The van der Waals surface area contributed by atoms with Gasteiger partial charge in [0.05, 0.1) is 6.26 Å². The molecule has 1 heterocycles. The number of benzene rings is 1. The van der Waals surface area contributed by atoms with E-state index in [0.717, 1.165) is 38.2 Å². The molecule has 7 nitrogen and oxygen atoms in total. The molecular formula is C22H33N5O2. The third-order valence-electron chi connectivity index (χ3n) is 4.52. The molecule has 158 valence electrons. The maximum atomic E-state index is 11.9. The molecule has 2 rings (SSSR count). The molecule has 0 saturated heterocycles. The lowest BCUT2D eigenvalue weighted by molar-refractivity contribution is -0.127. The second kappa shape index (κ2) is 12.5. The number of carbonyl (C=O) groups excluding carboxylic acids is 1. The molecule has 1 aromatic carbocycles. The van der Waals surface area contributed by atoms with Crippen LogP contribution in [0.25, 0.3) is 0 Å². The van der Waals surface area contributed by atoms with Gasteiger partial charge in [0.15, 0.2) is 5.96 Å². The van der Waals surface area contributed by atoms with Crippen LogP contribution in [0.1, 0.15) is 19.1 Å². The first-order chi connectivity index (χ1) is 14.1. The molecule has 0 radical (unpaired) electrons. The molecule has 0 atom stereocenters. The first-order valence-electron chi connectivity index (χ1n) is 10.1. The Morgan fingerprint density at radius 3 is 2.48 bits per heavy atom. The molecule has 0 fully saturated rings. The minimum absolute atomic E-state index is 0.0293. The number of aliphatic imine (C=N–C) groups is 1. The van der Waals surface area contributed by atoms with E-state index >= 15 is 0 Å². The third-order valence-corrected chi connectivity index (χ3v) is 4.52. The summed E-state index contributed by atoms with van der Waals surface area (Å²) in [6, 6.07) is 14.2. The minimum atomic E-state index is -0.0293. The summed E-state index contributed by atoms with van der Waals surface area (Å²) in [6.07, 6.45) is 3.39. The van der Waals surface area contributed by atoms with Crippen molar-refractivity contribution < 1.29 is 9.21 Å². The van der Waals surface area contributed by atoms with Gasteiger partial charge in [0.2, 0.25) is 5.91 Å². The summed E-state index contributed by atoms with van der Waals surface area (Å²) in [5.74, 6) is 1.54. The number of hydrogen-bond donors (Lipinski definition) is 2. The number of para-hydroxylation sites is 1. The summed E-state index contributed by atoms with van der Waals surface area (Å²) in [4.78, 5) is 20.2. The van der Waals surface area contributed by atoms with Crippen molar-refractivity contribution in [2.45, 2.75) is 19.8 Å². The van der Waals surface area contributed by atoms with Crippen molar-refractivity contribution >= 4 is 17.6 Å². The van der Waals surface area contributed by atoms with Crippen LogP contribution in [0.3, 0.4) is 0 Å². The van der Waals surface area contributed by atoms with Crippen molar-refractivity contribution in [3.8, 4) is 0 Å². The van der Waals surface area contributed by atoms with E-state index < -0.39 is 0 Å². The summed E-state index contributed by atoms with van der Waals surface area (Å²) < 4.78 is 5.36. The van der Waals surface area contributed by atoms with Gasteiger partial charge < -0.3 is 24.9 Å². The fourth-order valence-electron chi connectivity index (χ4n) is 2.81. The highest BCUT2D eigenvalue weighted by atomic mass is 16.3. The van der Waals surface area contributed by atoms with Crippen LogP contribution in [0.5, 0.6) is 0 Å². The van der Waals surface area contributed by atoms with E-state index in [0.29, 0.717) is 12.5 Å². The van der Waals surface area contributed by atoms with Gasteiger partial charge in [0, 0.05) is 52.4 Å². The van der Waals surface area contributed by atoms with E-state index in [1.807, 2.05) is 18.2 Å². The standard InChI is InChI=1S/C22H33N5O2/c1-4-27(19-10-6-5-7-11-19)16-9-14-23-22(25-18-21(28)26(2)3)24-15-13-20-12-8-17-29-20/h5-8,10-12,17H,4,9,13-16,18H2,1-3H3,(H2,23,24,25). The SMILES string of the molecule is CCN(CCCNC(=NCC(=O)N(C)C)NCCc1ccco1)c1ccccc1. The smallest absolute Gasteiger partial charge is 0.243 e. The lowest BCUT2D eigenvalue weighted by Crippen LogP contribution is -2.40. The lowest BCUT2D eigenvalue weighted by Gasteiger charge is -2.23. The first-order valence-corrected chi connectivity index (χ1v) is 10.1. The Morgan fingerprint density at radius 1 is 1.07 bits per heavy atom.